The Morgan fingerprint density at radius 2 is 1.89 bits per heavy atom. The minimum atomic E-state index is -0.958. The summed E-state index contributed by atoms with van der Waals surface area (Å²) in [5, 5.41) is 9.18. The first-order chi connectivity index (χ1) is 13.5. The molecule has 28 heavy (non-hydrogen) atoms. The number of aromatic nitrogens is 2. The zero-order valence-corrected chi connectivity index (χ0v) is 16.2. The number of imidazole rings is 1. The average Bonchev–Trinajstić information content (AvgIpc) is 3.02. The van der Waals surface area contributed by atoms with E-state index in [1.165, 1.54) is 0 Å². The summed E-state index contributed by atoms with van der Waals surface area (Å²) in [5.74, 6) is 1.32. The highest BCUT2D eigenvalue weighted by Crippen LogP contribution is 2.22. The number of aryl methyl sites for hydroxylation is 1. The van der Waals surface area contributed by atoms with Gasteiger partial charge in [-0.1, -0.05) is 12.1 Å². The van der Waals surface area contributed by atoms with Crippen LogP contribution < -0.4 is 9.47 Å². The second-order valence-electron chi connectivity index (χ2n) is 6.36. The van der Waals surface area contributed by atoms with Crippen LogP contribution in [0.25, 0.3) is 11.0 Å². The summed E-state index contributed by atoms with van der Waals surface area (Å²) in [7, 11) is 3.58. The standard InChI is InChI=1S/C21H24N2O5/c1-4-27-19(21(24)25)11-14-5-7-15(8-6-14)28-13-20-22-17-10-9-16(26-3)12-18(17)23(20)2/h5-10,12,19H,4,11,13H2,1-3H3,(H,24,25). The molecule has 148 valence electrons. The quantitative estimate of drug-likeness (QED) is 0.610. The van der Waals surface area contributed by atoms with E-state index >= 15 is 0 Å². The number of ether oxygens (including phenoxy) is 3. The van der Waals surface area contributed by atoms with Gasteiger partial charge in [0.25, 0.3) is 0 Å². The Labute approximate surface area is 163 Å². The van der Waals surface area contributed by atoms with Crippen LogP contribution in [0.2, 0.25) is 0 Å². The van der Waals surface area contributed by atoms with E-state index in [-0.39, 0.29) is 0 Å². The number of aliphatic carboxylic acids is 1. The summed E-state index contributed by atoms with van der Waals surface area (Å²) >= 11 is 0. The molecule has 1 unspecified atom stereocenters. The average molecular weight is 384 g/mol. The number of fused-ring (bicyclic) bond motifs is 1. The second-order valence-corrected chi connectivity index (χ2v) is 6.36. The zero-order chi connectivity index (χ0) is 20.1. The van der Waals surface area contributed by atoms with Crippen LogP contribution in [-0.2, 0) is 29.6 Å². The van der Waals surface area contributed by atoms with E-state index < -0.39 is 12.1 Å². The first-order valence-electron chi connectivity index (χ1n) is 9.07. The number of nitrogens with zero attached hydrogens (tertiary/aromatic N) is 2. The maximum absolute atomic E-state index is 11.2. The maximum Gasteiger partial charge on any atom is 0.333 e. The van der Waals surface area contributed by atoms with Gasteiger partial charge in [-0.05, 0) is 36.8 Å². The van der Waals surface area contributed by atoms with Gasteiger partial charge in [-0.25, -0.2) is 9.78 Å². The van der Waals surface area contributed by atoms with Crippen molar-refractivity contribution in [3.63, 3.8) is 0 Å². The molecule has 1 heterocycles. The molecule has 0 bridgehead atoms. The van der Waals surface area contributed by atoms with Crippen LogP contribution in [0.3, 0.4) is 0 Å². The Hall–Kier alpha value is -3.06. The summed E-state index contributed by atoms with van der Waals surface area (Å²) in [6.45, 7) is 2.47. The van der Waals surface area contributed by atoms with Gasteiger partial charge in [-0.15, -0.1) is 0 Å². The van der Waals surface area contributed by atoms with Crippen LogP contribution in [0.5, 0.6) is 11.5 Å². The fourth-order valence-electron chi connectivity index (χ4n) is 2.98. The number of benzene rings is 2. The Bertz CT molecular complexity index is 949. The van der Waals surface area contributed by atoms with E-state index in [1.54, 1.807) is 14.0 Å². The van der Waals surface area contributed by atoms with Crippen molar-refractivity contribution < 1.29 is 24.1 Å². The predicted octanol–water partition coefficient (Wildman–Crippen LogP) is 3.19. The van der Waals surface area contributed by atoms with Gasteiger partial charge < -0.3 is 23.9 Å². The molecule has 0 saturated heterocycles. The van der Waals surface area contributed by atoms with Crippen molar-refractivity contribution in [1.29, 1.82) is 0 Å². The largest absolute Gasteiger partial charge is 0.497 e. The van der Waals surface area contributed by atoms with E-state index in [1.807, 2.05) is 54.1 Å². The highest BCUT2D eigenvalue weighted by Gasteiger charge is 2.18. The Kier molecular flexibility index (Phi) is 6.16. The van der Waals surface area contributed by atoms with E-state index in [0.717, 1.165) is 28.2 Å². The lowest BCUT2D eigenvalue weighted by Crippen LogP contribution is -2.26. The number of carbonyl (C=O) groups is 1. The minimum Gasteiger partial charge on any atom is -0.497 e. The Morgan fingerprint density at radius 3 is 2.54 bits per heavy atom. The molecule has 0 amide bonds. The second kappa shape index (κ2) is 8.75. The fraction of sp³-hybridized carbons (Fsp3) is 0.333. The molecule has 0 aliphatic rings. The molecule has 0 spiro atoms. The molecule has 1 aromatic heterocycles. The molecule has 0 saturated carbocycles. The number of rotatable bonds is 9. The molecule has 0 fully saturated rings. The van der Waals surface area contributed by atoms with Crippen LogP contribution >= 0.6 is 0 Å². The van der Waals surface area contributed by atoms with Gasteiger partial charge in [0.15, 0.2) is 6.10 Å². The maximum atomic E-state index is 11.2. The first kappa shape index (κ1) is 19.7. The molecule has 0 aliphatic carbocycles. The van der Waals surface area contributed by atoms with Gasteiger partial charge in [0.1, 0.15) is 23.9 Å². The first-order valence-corrected chi connectivity index (χ1v) is 9.07. The van der Waals surface area contributed by atoms with Gasteiger partial charge in [-0.3, -0.25) is 0 Å². The Balaban J connectivity index is 1.66. The molecule has 3 rings (SSSR count). The van der Waals surface area contributed by atoms with Crippen molar-refractivity contribution >= 4 is 17.0 Å². The summed E-state index contributed by atoms with van der Waals surface area (Å²) < 4.78 is 18.3. The van der Waals surface area contributed by atoms with E-state index in [4.69, 9.17) is 14.2 Å². The molecular weight excluding hydrogens is 360 g/mol. The highest BCUT2D eigenvalue weighted by atomic mass is 16.5. The van der Waals surface area contributed by atoms with Gasteiger partial charge >= 0.3 is 5.97 Å². The van der Waals surface area contributed by atoms with E-state index in [2.05, 4.69) is 4.98 Å². The van der Waals surface area contributed by atoms with Crippen molar-refractivity contribution in [3.8, 4) is 11.5 Å². The number of carboxylic acid groups (broad SMARTS) is 1. The molecule has 7 heteroatoms. The molecule has 7 nitrogen and oxygen atoms in total. The summed E-state index contributed by atoms with van der Waals surface area (Å²) in [5.41, 5.74) is 2.74. The van der Waals surface area contributed by atoms with E-state index in [9.17, 15) is 9.90 Å². The molecule has 1 N–H and O–H groups in total. The van der Waals surface area contributed by atoms with E-state index in [0.29, 0.717) is 25.4 Å². The van der Waals surface area contributed by atoms with Crippen LogP contribution in [-0.4, -0.2) is 40.4 Å². The van der Waals surface area contributed by atoms with Crippen LogP contribution in [0.1, 0.15) is 18.3 Å². The minimum absolute atomic E-state index is 0.316. The number of hydrogen-bond donors (Lipinski definition) is 1. The number of methoxy groups -OCH3 is 1. The van der Waals surface area contributed by atoms with Crippen molar-refractivity contribution in [2.24, 2.45) is 7.05 Å². The zero-order valence-electron chi connectivity index (χ0n) is 16.2. The molecule has 0 radical (unpaired) electrons. The Morgan fingerprint density at radius 1 is 1.18 bits per heavy atom. The van der Waals surface area contributed by atoms with Crippen LogP contribution in [0, 0.1) is 0 Å². The SMILES string of the molecule is CCOC(Cc1ccc(OCc2nc3ccc(OC)cc3n2C)cc1)C(=O)O. The van der Waals surface area contributed by atoms with Gasteiger partial charge in [-0.2, -0.15) is 0 Å². The summed E-state index contributed by atoms with van der Waals surface area (Å²) in [4.78, 5) is 15.8. The third-order valence-electron chi connectivity index (χ3n) is 4.54. The lowest BCUT2D eigenvalue weighted by molar-refractivity contribution is -0.149. The lowest BCUT2D eigenvalue weighted by atomic mass is 10.1. The highest BCUT2D eigenvalue weighted by molar-refractivity contribution is 5.77. The third-order valence-corrected chi connectivity index (χ3v) is 4.54. The summed E-state index contributed by atoms with van der Waals surface area (Å²) in [6.07, 6.45) is -0.524. The van der Waals surface area contributed by atoms with Crippen LogP contribution in [0.4, 0.5) is 0 Å². The number of hydrogen-bond acceptors (Lipinski definition) is 5. The topological polar surface area (TPSA) is 82.8 Å². The molecule has 1 atom stereocenters. The van der Waals surface area contributed by atoms with Gasteiger partial charge in [0, 0.05) is 26.1 Å². The fourth-order valence-corrected chi connectivity index (χ4v) is 2.98. The molecule has 0 aliphatic heterocycles. The van der Waals surface area contributed by atoms with Gasteiger partial charge in [0.2, 0.25) is 0 Å². The van der Waals surface area contributed by atoms with Crippen molar-refractivity contribution in [3.05, 3.63) is 53.9 Å². The van der Waals surface area contributed by atoms with Crippen molar-refractivity contribution in [2.75, 3.05) is 13.7 Å². The predicted molar refractivity (Wildman–Crippen MR) is 105 cm³/mol. The normalized spacial score (nSPS) is 12.1. The monoisotopic (exact) mass is 384 g/mol. The van der Waals surface area contributed by atoms with Crippen LogP contribution in [0.15, 0.2) is 42.5 Å². The molecule has 3 aromatic rings. The van der Waals surface area contributed by atoms with Crippen molar-refractivity contribution in [1.82, 2.24) is 9.55 Å². The lowest BCUT2D eigenvalue weighted by Gasteiger charge is -2.13. The van der Waals surface area contributed by atoms with Gasteiger partial charge in [0.05, 0.1) is 18.1 Å². The smallest absolute Gasteiger partial charge is 0.333 e. The van der Waals surface area contributed by atoms with Crippen molar-refractivity contribution in [2.45, 2.75) is 26.1 Å². The third kappa shape index (κ3) is 4.43. The molecule has 2 aromatic carbocycles. The summed E-state index contributed by atoms with van der Waals surface area (Å²) in [6, 6.07) is 13.1. The number of carboxylic acids is 1. The molecular formula is C21H24N2O5.